The van der Waals surface area contributed by atoms with Crippen molar-refractivity contribution in [1.82, 2.24) is 15.3 Å². The summed E-state index contributed by atoms with van der Waals surface area (Å²) in [6.45, 7) is 7.46. The van der Waals surface area contributed by atoms with E-state index >= 15 is 0 Å². The Bertz CT molecular complexity index is 540. The van der Waals surface area contributed by atoms with Gasteiger partial charge in [0.1, 0.15) is 11.6 Å². The molecule has 1 unspecified atom stereocenters. The van der Waals surface area contributed by atoms with Crippen molar-refractivity contribution in [3.8, 4) is 5.75 Å². The molecule has 1 aromatic heterocycles. The number of hydrogen-bond acceptors (Lipinski definition) is 4. The normalized spacial score (nSPS) is 12.2. The van der Waals surface area contributed by atoms with Gasteiger partial charge in [-0.1, -0.05) is 12.1 Å². The lowest BCUT2D eigenvalue weighted by Crippen LogP contribution is -2.19. The van der Waals surface area contributed by atoms with Gasteiger partial charge >= 0.3 is 0 Å². The molecule has 20 heavy (non-hydrogen) atoms. The summed E-state index contributed by atoms with van der Waals surface area (Å²) in [5.74, 6) is 1.72. The Morgan fingerprint density at radius 2 is 1.95 bits per heavy atom. The first-order chi connectivity index (χ1) is 9.69. The van der Waals surface area contributed by atoms with Gasteiger partial charge in [-0.2, -0.15) is 0 Å². The number of nitrogens with one attached hydrogen (secondary N) is 1. The third kappa shape index (κ3) is 4.03. The predicted molar refractivity (Wildman–Crippen MR) is 79.6 cm³/mol. The maximum atomic E-state index is 5.45. The molecule has 0 aliphatic heterocycles. The number of nitrogens with zero attached hydrogens (tertiary/aromatic N) is 2. The minimum Gasteiger partial charge on any atom is -0.494 e. The third-order valence-electron chi connectivity index (χ3n) is 3.11. The second-order valence-corrected chi connectivity index (χ2v) is 4.70. The molecule has 1 atom stereocenters. The Morgan fingerprint density at radius 3 is 2.60 bits per heavy atom. The van der Waals surface area contributed by atoms with Crippen LogP contribution in [0, 0.1) is 6.92 Å². The molecule has 0 amide bonds. The lowest BCUT2D eigenvalue weighted by molar-refractivity contribution is 0.340. The minimum atomic E-state index is 0.265. The second kappa shape index (κ2) is 7.01. The highest BCUT2D eigenvalue weighted by atomic mass is 16.5. The fraction of sp³-hybridized carbons (Fsp3) is 0.375. The summed E-state index contributed by atoms with van der Waals surface area (Å²) in [7, 11) is 0. The SMILES string of the molecule is CCOc1ccc(C(C)NCc2ccnc(C)n2)cc1. The summed E-state index contributed by atoms with van der Waals surface area (Å²) in [5, 5.41) is 3.46. The summed E-state index contributed by atoms with van der Waals surface area (Å²) in [6, 6.07) is 10.4. The van der Waals surface area contributed by atoms with Crippen molar-refractivity contribution in [2.24, 2.45) is 0 Å². The lowest BCUT2D eigenvalue weighted by atomic mass is 10.1. The Labute approximate surface area is 120 Å². The Morgan fingerprint density at radius 1 is 1.20 bits per heavy atom. The number of ether oxygens (including phenoxy) is 1. The van der Waals surface area contributed by atoms with Crippen LogP contribution in [-0.4, -0.2) is 16.6 Å². The van der Waals surface area contributed by atoms with Gasteiger partial charge in [0.05, 0.1) is 12.3 Å². The van der Waals surface area contributed by atoms with Crippen molar-refractivity contribution < 1.29 is 4.74 Å². The van der Waals surface area contributed by atoms with E-state index in [0.717, 1.165) is 23.8 Å². The molecule has 0 aliphatic carbocycles. The molecule has 2 rings (SSSR count). The maximum Gasteiger partial charge on any atom is 0.125 e. The number of benzene rings is 1. The molecular formula is C16H21N3O. The van der Waals surface area contributed by atoms with Crippen LogP contribution in [0.5, 0.6) is 5.75 Å². The van der Waals surface area contributed by atoms with E-state index < -0.39 is 0 Å². The van der Waals surface area contributed by atoms with Crippen LogP contribution in [-0.2, 0) is 6.54 Å². The van der Waals surface area contributed by atoms with Crippen molar-refractivity contribution in [2.75, 3.05) is 6.61 Å². The monoisotopic (exact) mass is 271 g/mol. The molecule has 2 aromatic rings. The summed E-state index contributed by atoms with van der Waals surface area (Å²) < 4.78 is 5.45. The van der Waals surface area contributed by atoms with Crippen molar-refractivity contribution in [3.05, 3.63) is 53.6 Å². The third-order valence-corrected chi connectivity index (χ3v) is 3.11. The first kappa shape index (κ1) is 14.5. The predicted octanol–water partition coefficient (Wildman–Crippen LogP) is 3.03. The number of aryl methyl sites for hydroxylation is 1. The molecule has 0 spiro atoms. The van der Waals surface area contributed by atoms with Crippen molar-refractivity contribution >= 4 is 0 Å². The van der Waals surface area contributed by atoms with E-state index in [1.807, 2.05) is 32.0 Å². The maximum absolute atomic E-state index is 5.45. The number of aromatic nitrogens is 2. The molecule has 0 saturated carbocycles. The van der Waals surface area contributed by atoms with E-state index in [4.69, 9.17) is 4.74 Å². The van der Waals surface area contributed by atoms with Crippen LogP contribution in [0.15, 0.2) is 36.5 Å². The summed E-state index contributed by atoms with van der Waals surface area (Å²) in [4.78, 5) is 8.48. The highest BCUT2D eigenvalue weighted by Crippen LogP contribution is 2.17. The quantitative estimate of drug-likeness (QED) is 0.877. The fourth-order valence-corrected chi connectivity index (χ4v) is 2.00. The number of rotatable bonds is 6. The first-order valence-electron chi connectivity index (χ1n) is 6.93. The van der Waals surface area contributed by atoms with E-state index in [2.05, 4.69) is 34.3 Å². The van der Waals surface area contributed by atoms with Crippen LogP contribution < -0.4 is 10.1 Å². The van der Waals surface area contributed by atoms with E-state index in [-0.39, 0.29) is 6.04 Å². The molecular weight excluding hydrogens is 250 g/mol. The highest BCUT2D eigenvalue weighted by molar-refractivity contribution is 5.29. The van der Waals surface area contributed by atoms with Crippen LogP contribution in [0.3, 0.4) is 0 Å². The lowest BCUT2D eigenvalue weighted by Gasteiger charge is -2.14. The molecule has 0 radical (unpaired) electrons. The molecule has 0 aliphatic rings. The van der Waals surface area contributed by atoms with Crippen LogP contribution in [0.4, 0.5) is 0 Å². The fourth-order valence-electron chi connectivity index (χ4n) is 2.00. The van der Waals surface area contributed by atoms with E-state index in [9.17, 15) is 0 Å². The van der Waals surface area contributed by atoms with Gasteiger partial charge in [-0.05, 0) is 44.5 Å². The van der Waals surface area contributed by atoms with Gasteiger partial charge in [-0.15, -0.1) is 0 Å². The van der Waals surface area contributed by atoms with E-state index in [1.165, 1.54) is 5.56 Å². The summed E-state index contributed by atoms with van der Waals surface area (Å²) in [6.07, 6.45) is 1.79. The molecule has 0 fully saturated rings. The molecule has 1 aromatic carbocycles. The van der Waals surface area contributed by atoms with E-state index in [1.54, 1.807) is 6.20 Å². The summed E-state index contributed by atoms with van der Waals surface area (Å²) >= 11 is 0. The molecule has 4 nitrogen and oxygen atoms in total. The Balaban J connectivity index is 1.92. The minimum absolute atomic E-state index is 0.265. The second-order valence-electron chi connectivity index (χ2n) is 4.70. The van der Waals surface area contributed by atoms with E-state index in [0.29, 0.717) is 6.61 Å². The van der Waals surface area contributed by atoms with Gasteiger partial charge in [-0.25, -0.2) is 9.97 Å². The van der Waals surface area contributed by atoms with Crippen LogP contribution >= 0.6 is 0 Å². The van der Waals surface area contributed by atoms with Crippen molar-refractivity contribution in [3.63, 3.8) is 0 Å². The van der Waals surface area contributed by atoms with Crippen LogP contribution in [0.2, 0.25) is 0 Å². The van der Waals surface area contributed by atoms with Gasteiger partial charge in [0.2, 0.25) is 0 Å². The Hall–Kier alpha value is -1.94. The zero-order valence-electron chi connectivity index (χ0n) is 12.3. The van der Waals surface area contributed by atoms with Gasteiger partial charge in [0, 0.05) is 18.8 Å². The average molecular weight is 271 g/mol. The molecule has 1 heterocycles. The largest absolute Gasteiger partial charge is 0.494 e. The Kier molecular flexibility index (Phi) is 5.07. The topological polar surface area (TPSA) is 47.0 Å². The summed E-state index contributed by atoms with van der Waals surface area (Å²) in [5.41, 5.74) is 2.24. The zero-order valence-corrected chi connectivity index (χ0v) is 12.3. The van der Waals surface area contributed by atoms with Crippen LogP contribution in [0.25, 0.3) is 0 Å². The van der Waals surface area contributed by atoms with Gasteiger partial charge in [0.25, 0.3) is 0 Å². The molecule has 0 bridgehead atoms. The van der Waals surface area contributed by atoms with Gasteiger partial charge in [0.15, 0.2) is 0 Å². The molecule has 1 N–H and O–H groups in total. The van der Waals surface area contributed by atoms with Gasteiger partial charge in [-0.3, -0.25) is 0 Å². The van der Waals surface area contributed by atoms with Gasteiger partial charge < -0.3 is 10.1 Å². The molecule has 106 valence electrons. The highest BCUT2D eigenvalue weighted by Gasteiger charge is 2.05. The number of hydrogen-bond donors (Lipinski definition) is 1. The molecule has 4 heteroatoms. The first-order valence-corrected chi connectivity index (χ1v) is 6.93. The van der Waals surface area contributed by atoms with Crippen LogP contribution in [0.1, 0.15) is 37.0 Å². The zero-order chi connectivity index (χ0) is 14.4. The van der Waals surface area contributed by atoms with Crippen molar-refractivity contribution in [1.29, 1.82) is 0 Å². The standard InChI is InChI=1S/C16H21N3O/c1-4-20-16-7-5-14(6-8-16)12(2)18-11-15-9-10-17-13(3)19-15/h5-10,12,18H,4,11H2,1-3H3. The molecule has 0 saturated heterocycles. The smallest absolute Gasteiger partial charge is 0.125 e. The van der Waals surface area contributed by atoms with Crippen molar-refractivity contribution in [2.45, 2.75) is 33.4 Å². The average Bonchev–Trinajstić information content (AvgIpc) is 2.46.